The Balaban J connectivity index is 4.22. The molecule has 0 atom stereocenters. The lowest BCUT2D eigenvalue weighted by atomic mass is 10.2. The van der Waals surface area contributed by atoms with E-state index < -0.39 is 20.5 Å². The van der Waals surface area contributed by atoms with Crippen molar-refractivity contribution in [2.75, 3.05) is 26.6 Å². The van der Waals surface area contributed by atoms with Crippen LogP contribution in [0.4, 0.5) is 0 Å². The maximum absolute atomic E-state index is 11.4. The van der Waals surface area contributed by atoms with E-state index in [1.165, 1.54) is 21.0 Å². The highest BCUT2D eigenvalue weighted by molar-refractivity contribution is 7.92. The second kappa shape index (κ2) is 5.43. The van der Waals surface area contributed by atoms with Crippen molar-refractivity contribution in [2.45, 2.75) is 18.6 Å². The monoisotopic (exact) mass is 239 g/mol. The number of carbonyl (C=O) groups is 1. The number of rotatable bonds is 6. The molecule has 1 amide bonds. The fourth-order valence-corrected chi connectivity index (χ4v) is 0.911. The van der Waals surface area contributed by atoms with Crippen LogP contribution in [-0.4, -0.2) is 45.7 Å². The third-order valence-electron chi connectivity index (χ3n) is 2.03. The molecule has 0 aliphatic carbocycles. The SMILES string of the molecule is COCCONC(=O)C(C)(C)S(C)(=O)=O. The van der Waals surface area contributed by atoms with Crippen molar-refractivity contribution in [1.29, 1.82) is 0 Å². The average Bonchev–Trinajstić information content (AvgIpc) is 2.10. The largest absolute Gasteiger partial charge is 0.382 e. The smallest absolute Gasteiger partial charge is 0.264 e. The normalized spacial score (nSPS) is 12.5. The lowest BCUT2D eigenvalue weighted by Gasteiger charge is -2.20. The van der Waals surface area contributed by atoms with E-state index in [1.54, 1.807) is 0 Å². The summed E-state index contributed by atoms with van der Waals surface area (Å²) in [5.41, 5.74) is 2.07. The molecule has 1 N–H and O–H groups in total. The van der Waals surface area contributed by atoms with E-state index in [9.17, 15) is 13.2 Å². The Kier molecular flexibility index (Phi) is 5.19. The Morgan fingerprint density at radius 3 is 2.27 bits per heavy atom. The van der Waals surface area contributed by atoms with E-state index in [4.69, 9.17) is 4.84 Å². The quantitative estimate of drug-likeness (QED) is 0.499. The average molecular weight is 239 g/mol. The lowest BCUT2D eigenvalue weighted by molar-refractivity contribution is -0.136. The molecule has 0 radical (unpaired) electrons. The first-order valence-corrected chi connectivity index (χ1v) is 6.23. The molecule has 0 bridgehead atoms. The van der Waals surface area contributed by atoms with Gasteiger partial charge < -0.3 is 4.74 Å². The highest BCUT2D eigenvalue weighted by atomic mass is 32.2. The van der Waals surface area contributed by atoms with Gasteiger partial charge in [0.1, 0.15) is 4.75 Å². The number of carbonyl (C=O) groups excluding carboxylic acids is 1. The summed E-state index contributed by atoms with van der Waals surface area (Å²) >= 11 is 0. The second-order valence-corrected chi connectivity index (χ2v) is 6.12. The number of amides is 1. The van der Waals surface area contributed by atoms with Crippen molar-refractivity contribution in [3.05, 3.63) is 0 Å². The predicted molar refractivity (Wildman–Crippen MR) is 54.9 cm³/mol. The number of ether oxygens (including phenoxy) is 1. The van der Waals surface area contributed by atoms with Crippen LogP contribution in [0.2, 0.25) is 0 Å². The molecule has 0 rings (SSSR count). The van der Waals surface area contributed by atoms with Crippen LogP contribution in [0, 0.1) is 0 Å². The molecular formula is C8H17NO5S. The minimum absolute atomic E-state index is 0.169. The molecule has 7 heteroatoms. The number of hydrogen-bond donors (Lipinski definition) is 1. The summed E-state index contributed by atoms with van der Waals surface area (Å²) in [5.74, 6) is -0.693. The van der Waals surface area contributed by atoms with Crippen molar-refractivity contribution in [3.63, 3.8) is 0 Å². The molecule has 6 nitrogen and oxygen atoms in total. The molecule has 0 saturated carbocycles. The van der Waals surface area contributed by atoms with E-state index >= 15 is 0 Å². The molecule has 0 aliphatic heterocycles. The van der Waals surface area contributed by atoms with Crippen molar-refractivity contribution in [1.82, 2.24) is 5.48 Å². The Labute approximate surface area is 89.8 Å². The Morgan fingerprint density at radius 1 is 1.33 bits per heavy atom. The van der Waals surface area contributed by atoms with Gasteiger partial charge in [-0.25, -0.2) is 13.9 Å². The van der Waals surface area contributed by atoms with Crippen LogP contribution in [0.15, 0.2) is 0 Å². The maximum Gasteiger partial charge on any atom is 0.264 e. The summed E-state index contributed by atoms with van der Waals surface area (Å²) in [7, 11) is -1.98. The van der Waals surface area contributed by atoms with Gasteiger partial charge in [-0.05, 0) is 13.8 Å². The standard InChI is InChI=1S/C8H17NO5S/c1-8(2,15(4,11)12)7(10)9-14-6-5-13-3/h5-6H2,1-4H3,(H,9,10). The van der Waals surface area contributed by atoms with Crippen molar-refractivity contribution >= 4 is 15.7 Å². The summed E-state index contributed by atoms with van der Waals surface area (Å²) in [6.45, 7) is 3.12. The van der Waals surface area contributed by atoms with Gasteiger partial charge in [0, 0.05) is 13.4 Å². The molecule has 0 spiro atoms. The predicted octanol–water partition coefficient (Wildman–Crippen LogP) is -0.496. The van der Waals surface area contributed by atoms with Gasteiger partial charge in [0.2, 0.25) is 0 Å². The minimum atomic E-state index is -3.47. The molecule has 0 aliphatic rings. The highest BCUT2D eigenvalue weighted by Crippen LogP contribution is 2.14. The van der Waals surface area contributed by atoms with Crippen molar-refractivity contribution in [2.24, 2.45) is 0 Å². The Hall–Kier alpha value is -0.660. The lowest BCUT2D eigenvalue weighted by Crippen LogP contribution is -2.47. The first kappa shape index (κ1) is 14.3. The van der Waals surface area contributed by atoms with Gasteiger partial charge in [0.15, 0.2) is 9.84 Å². The van der Waals surface area contributed by atoms with Crippen LogP contribution in [-0.2, 0) is 24.2 Å². The summed E-state index contributed by atoms with van der Waals surface area (Å²) in [6.07, 6.45) is 1.00. The number of hydroxylamine groups is 1. The van der Waals surface area contributed by atoms with Gasteiger partial charge in [-0.2, -0.15) is 0 Å². The summed E-state index contributed by atoms with van der Waals surface area (Å²) in [5, 5.41) is 0. The molecule has 0 heterocycles. The van der Waals surface area contributed by atoms with Gasteiger partial charge in [-0.15, -0.1) is 0 Å². The fraction of sp³-hybridized carbons (Fsp3) is 0.875. The van der Waals surface area contributed by atoms with E-state index in [0.717, 1.165) is 6.26 Å². The van der Waals surface area contributed by atoms with Gasteiger partial charge in [0.05, 0.1) is 13.2 Å². The molecule has 90 valence electrons. The highest BCUT2D eigenvalue weighted by Gasteiger charge is 2.38. The first-order valence-electron chi connectivity index (χ1n) is 4.34. The maximum atomic E-state index is 11.4. The summed E-state index contributed by atoms with van der Waals surface area (Å²) in [6, 6.07) is 0. The minimum Gasteiger partial charge on any atom is -0.382 e. The molecule has 0 aromatic carbocycles. The molecule has 0 saturated heterocycles. The summed E-state index contributed by atoms with van der Waals surface area (Å²) < 4.78 is 25.7. The number of hydrogen-bond acceptors (Lipinski definition) is 5. The van der Waals surface area contributed by atoms with Crippen LogP contribution in [0.3, 0.4) is 0 Å². The van der Waals surface area contributed by atoms with E-state index in [1.807, 2.05) is 0 Å². The zero-order valence-corrected chi connectivity index (χ0v) is 10.2. The number of methoxy groups -OCH3 is 1. The van der Waals surface area contributed by atoms with E-state index in [0.29, 0.717) is 6.61 Å². The number of sulfone groups is 1. The second-order valence-electron chi connectivity index (χ2n) is 3.55. The van der Waals surface area contributed by atoms with Gasteiger partial charge in [-0.1, -0.05) is 0 Å². The first-order chi connectivity index (χ1) is 6.73. The van der Waals surface area contributed by atoms with E-state index in [-0.39, 0.29) is 6.61 Å². The zero-order chi connectivity index (χ0) is 12.1. The molecule has 0 aromatic heterocycles. The van der Waals surface area contributed by atoms with Gasteiger partial charge >= 0.3 is 0 Å². The van der Waals surface area contributed by atoms with E-state index in [2.05, 4.69) is 10.2 Å². The third-order valence-corrected chi connectivity index (χ3v) is 4.07. The molecule has 15 heavy (non-hydrogen) atoms. The Morgan fingerprint density at radius 2 is 1.87 bits per heavy atom. The molecule has 0 fully saturated rings. The van der Waals surface area contributed by atoms with Crippen LogP contribution < -0.4 is 5.48 Å². The fourth-order valence-electron chi connectivity index (χ4n) is 0.533. The van der Waals surface area contributed by atoms with Crippen molar-refractivity contribution in [3.8, 4) is 0 Å². The third kappa shape index (κ3) is 4.15. The van der Waals surface area contributed by atoms with Gasteiger partial charge in [-0.3, -0.25) is 9.63 Å². The van der Waals surface area contributed by atoms with Crippen LogP contribution in [0.1, 0.15) is 13.8 Å². The van der Waals surface area contributed by atoms with Crippen molar-refractivity contribution < 1.29 is 22.8 Å². The topological polar surface area (TPSA) is 81.7 Å². The summed E-state index contributed by atoms with van der Waals surface area (Å²) in [4.78, 5) is 16.1. The van der Waals surface area contributed by atoms with Crippen LogP contribution in [0.25, 0.3) is 0 Å². The van der Waals surface area contributed by atoms with Gasteiger partial charge in [0.25, 0.3) is 5.91 Å². The molecule has 0 aromatic rings. The number of nitrogens with one attached hydrogen (secondary N) is 1. The Bertz CT molecular complexity index is 309. The molecule has 0 unspecified atom stereocenters. The van der Waals surface area contributed by atoms with Crippen LogP contribution >= 0.6 is 0 Å². The molecular weight excluding hydrogens is 222 g/mol. The van der Waals surface area contributed by atoms with Crippen LogP contribution in [0.5, 0.6) is 0 Å². The zero-order valence-electron chi connectivity index (χ0n) is 9.36.